The molecule has 1 saturated heterocycles. The molecule has 0 saturated carbocycles. The van der Waals surface area contributed by atoms with Crippen LogP contribution in [0.25, 0.3) is 0 Å². The molecular weight excluding hydrogens is 749 g/mol. The highest BCUT2D eigenvalue weighted by molar-refractivity contribution is 5.70. The molecule has 1 aliphatic rings. The Labute approximate surface area is 356 Å². The minimum absolute atomic E-state index is 0.183. The summed E-state index contributed by atoms with van der Waals surface area (Å²) < 4.78 is 22.1. The van der Waals surface area contributed by atoms with E-state index in [-0.39, 0.29) is 26.1 Å². The Morgan fingerprint density at radius 1 is 0.542 bits per heavy atom. The van der Waals surface area contributed by atoms with Crippen molar-refractivity contribution in [3.05, 3.63) is 85.1 Å². The van der Waals surface area contributed by atoms with Gasteiger partial charge in [0.25, 0.3) is 0 Å². The highest BCUT2D eigenvalue weighted by Gasteiger charge is 2.44. The van der Waals surface area contributed by atoms with Crippen molar-refractivity contribution in [2.75, 3.05) is 19.8 Å². The second kappa shape index (κ2) is 39.0. The average molecular weight is 829 g/mol. The van der Waals surface area contributed by atoms with Crippen molar-refractivity contribution in [3.63, 3.8) is 0 Å². The molecule has 0 aromatic rings. The minimum Gasteiger partial charge on any atom is -0.462 e. The number of hydrogen-bond acceptors (Lipinski definition) is 10. The predicted molar refractivity (Wildman–Crippen MR) is 237 cm³/mol. The number of carbonyl (C=O) groups is 2. The van der Waals surface area contributed by atoms with E-state index in [1.165, 1.54) is 19.3 Å². The standard InChI is InChI=1S/C49H80O10/c1-3-5-7-9-11-13-15-17-19-20-21-22-24-26-28-30-32-34-36-38-45(52)58-42(41-57-49-48(55)47(54)46(53)43(39-50)59-49)40-56-44(51)37-35-33-31-29-27-25-23-18-16-14-12-10-8-6-4-2/h5,7,11-14,17-19,21-23,26,28,42-43,46-50,53-55H,3-4,6,8-10,15-16,20,24-25,27,29-41H2,1-2H3/b7-5+,13-11+,14-12+,19-17+,22-21+,23-18+,28-26+/t42-,43-,46+,47?,48?,49-/m1/s1. The van der Waals surface area contributed by atoms with E-state index < -0.39 is 55.4 Å². The molecule has 1 aliphatic heterocycles. The van der Waals surface area contributed by atoms with E-state index >= 15 is 0 Å². The van der Waals surface area contributed by atoms with Crippen molar-refractivity contribution in [1.82, 2.24) is 0 Å². The predicted octanol–water partition coefficient (Wildman–Crippen LogP) is 9.77. The van der Waals surface area contributed by atoms with Crippen LogP contribution in [0.15, 0.2) is 85.1 Å². The second-order valence-corrected chi connectivity index (χ2v) is 15.1. The van der Waals surface area contributed by atoms with Crippen LogP contribution in [0.4, 0.5) is 0 Å². The maximum Gasteiger partial charge on any atom is 0.306 e. The molecule has 10 nitrogen and oxygen atoms in total. The van der Waals surface area contributed by atoms with E-state index in [2.05, 4.69) is 98.9 Å². The van der Waals surface area contributed by atoms with Crippen LogP contribution in [0.1, 0.15) is 155 Å². The smallest absolute Gasteiger partial charge is 0.306 e. The summed E-state index contributed by atoms with van der Waals surface area (Å²) in [7, 11) is 0. The number of aliphatic hydroxyl groups excluding tert-OH is 4. The van der Waals surface area contributed by atoms with Crippen molar-refractivity contribution in [3.8, 4) is 0 Å². The van der Waals surface area contributed by atoms with Gasteiger partial charge in [0.2, 0.25) is 0 Å². The molecule has 6 atom stereocenters. The number of hydrogen-bond donors (Lipinski definition) is 4. The third kappa shape index (κ3) is 30.5. The fourth-order valence-electron chi connectivity index (χ4n) is 6.18. The summed E-state index contributed by atoms with van der Waals surface area (Å²) in [6, 6.07) is 0. The van der Waals surface area contributed by atoms with Gasteiger partial charge in [-0.1, -0.05) is 137 Å². The van der Waals surface area contributed by atoms with Gasteiger partial charge < -0.3 is 39.4 Å². The largest absolute Gasteiger partial charge is 0.462 e. The molecule has 0 radical (unpaired) electrons. The number of rotatable bonds is 36. The third-order valence-corrected chi connectivity index (χ3v) is 9.76. The number of esters is 2. The molecule has 1 heterocycles. The average Bonchev–Trinajstić information content (AvgIpc) is 3.23. The number of carbonyl (C=O) groups excluding carboxylic acids is 2. The van der Waals surface area contributed by atoms with Crippen LogP contribution in [0.5, 0.6) is 0 Å². The number of unbranched alkanes of at least 4 members (excludes halogenated alkanes) is 11. The first kappa shape index (κ1) is 53.9. The van der Waals surface area contributed by atoms with Crippen LogP contribution >= 0.6 is 0 Å². The van der Waals surface area contributed by atoms with Gasteiger partial charge >= 0.3 is 11.9 Å². The van der Waals surface area contributed by atoms with Gasteiger partial charge in [0, 0.05) is 12.8 Å². The lowest BCUT2D eigenvalue weighted by molar-refractivity contribution is -0.305. The lowest BCUT2D eigenvalue weighted by Crippen LogP contribution is -2.59. The Hall–Kier alpha value is -3.12. The first-order chi connectivity index (χ1) is 28.8. The van der Waals surface area contributed by atoms with Crippen LogP contribution in [-0.2, 0) is 28.5 Å². The lowest BCUT2D eigenvalue weighted by atomic mass is 9.99. The normalized spacial score (nSPS) is 20.8. The van der Waals surface area contributed by atoms with E-state index in [0.29, 0.717) is 12.8 Å². The van der Waals surface area contributed by atoms with Crippen molar-refractivity contribution >= 4 is 11.9 Å². The topological polar surface area (TPSA) is 152 Å². The zero-order chi connectivity index (χ0) is 43.0. The SMILES string of the molecule is CC/C=C/C/C=C/C/C=C/C/C=C/C/C=C/CCCCCC(=O)O[C@H](COC(=O)CCCCCCC/C=C/C/C=C/CCCCC)CO[C@@H]1O[C@H](CO)[C@H](O)C(O)C1O. The number of ether oxygens (including phenoxy) is 4. The van der Waals surface area contributed by atoms with Gasteiger partial charge in [-0.2, -0.15) is 0 Å². The van der Waals surface area contributed by atoms with Gasteiger partial charge in [0.15, 0.2) is 12.4 Å². The summed E-state index contributed by atoms with van der Waals surface area (Å²) in [5.41, 5.74) is 0. The van der Waals surface area contributed by atoms with Gasteiger partial charge in [-0.25, -0.2) is 0 Å². The minimum atomic E-state index is -1.61. The first-order valence-electron chi connectivity index (χ1n) is 22.7. The molecule has 0 aromatic heterocycles. The van der Waals surface area contributed by atoms with Gasteiger partial charge in [-0.15, -0.1) is 0 Å². The molecule has 2 unspecified atom stereocenters. The second-order valence-electron chi connectivity index (χ2n) is 15.1. The van der Waals surface area contributed by atoms with Crippen LogP contribution in [0, 0.1) is 0 Å². The zero-order valence-electron chi connectivity index (χ0n) is 36.5. The zero-order valence-corrected chi connectivity index (χ0v) is 36.5. The van der Waals surface area contributed by atoms with Gasteiger partial charge in [0.05, 0.1) is 13.2 Å². The molecule has 10 heteroatoms. The van der Waals surface area contributed by atoms with E-state index in [0.717, 1.165) is 96.3 Å². The summed E-state index contributed by atoms with van der Waals surface area (Å²) in [6.45, 7) is 3.22. The monoisotopic (exact) mass is 829 g/mol. The molecule has 59 heavy (non-hydrogen) atoms. The summed E-state index contributed by atoms with van der Waals surface area (Å²) in [6.07, 6.45) is 43.0. The molecule has 4 N–H and O–H groups in total. The highest BCUT2D eigenvalue weighted by atomic mass is 16.7. The fraction of sp³-hybridized carbons (Fsp3) is 0.673. The summed E-state index contributed by atoms with van der Waals surface area (Å²) >= 11 is 0. The number of aliphatic hydroxyl groups is 4. The van der Waals surface area contributed by atoms with Crippen LogP contribution < -0.4 is 0 Å². The summed E-state index contributed by atoms with van der Waals surface area (Å²) in [5.74, 6) is -0.869. The molecule has 1 rings (SSSR count). The first-order valence-corrected chi connectivity index (χ1v) is 22.7. The Balaban J connectivity index is 2.38. The Morgan fingerprint density at radius 2 is 1.00 bits per heavy atom. The summed E-state index contributed by atoms with van der Waals surface area (Å²) in [5, 5.41) is 40.1. The molecule has 0 spiro atoms. The number of allylic oxidation sites excluding steroid dienone is 14. The molecule has 0 amide bonds. The van der Waals surface area contributed by atoms with E-state index in [4.69, 9.17) is 18.9 Å². The molecular formula is C49H80O10. The lowest BCUT2D eigenvalue weighted by Gasteiger charge is -2.39. The molecule has 0 aliphatic carbocycles. The molecule has 336 valence electrons. The molecule has 0 bridgehead atoms. The quantitative estimate of drug-likeness (QED) is 0.0273. The van der Waals surface area contributed by atoms with Crippen LogP contribution in [0.2, 0.25) is 0 Å². The third-order valence-electron chi connectivity index (χ3n) is 9.76. The summed E-state index contributed by atoms with van der Waals surface area (Å²) in [4.78, 5) is 25.3. The van der Waals surface area contributed by atoms with E-state index in [1.54, 1.807) is 0 Å². The van der Waals surface area contributed by atoms with E-state index in [9.17, 15) is 30.0 Å². The van der Waals surface area contributed by atoms with Crippen molar-refractivity contribution < 1.29 is 49.0 Å². The highest BCUT2D eigenvalue weighted by Crippen LogP contribution is 2.22. The Morgan fingerprint density at radius 3 is 1.53 bits per heavy atom. The van der Waals surface area contributed by atoms with Gasteiger partial charge in [0.1, 0.15) is 31.0 Å². The molecule has 1 fully saturated rings. The fourth-order valence-corrected chi connectivity index (χ4v) is 6.18. The van der Waals surface area contributed by atoms with Crippen molar-refractivity contribution in [1.29, 1.82) is 0 Å². The van der Waals surface area contributed by atoms with Crippen molar-refractivity contribution in [2.24, 2.45) is 0 Å². The Kier molecular flexibility index (Phi) is 35.7. The van der Waals surface area contributed by atoms with Crippen LogP contribution in [-0.4, -0.2) is 89.0 Å². The van der Waals surface area contributed by atoms with Crippen LogP contribution in [0.3, 0.4) is 0 Å². The maximum atomic E-state index is 12.8. The maximum absolute atomic E-state index is 12.8. The molecule has 0 aromatic carbocycles. The van der Waals surface area contributed by atoms with Crippen molar-refractivity contribution in [2.45, 2.75) is 192 Å². The van der Waals surface area contributed by atoms with E-state index in [1.807, 2.05) is 0 Å². The van der Waals surface area contributed by atoms with Gasteiger partial charge in [-0.05, 0) is 89.9 Å². The Bertz CT molecular complexity index is 1230. The van der Waals surface area contributed by atoms with Gasteiger partial charge in [-0.3, -0.25) is 9.59 Å².